The van der Waals surface area contributed by atoms with Crippen molar-refractivity contribution in [3.8, 4) is 0 Å². The highest BCUT2D eigenvalue weighted by Gasteiger charge is 2.07. The maximum absolute atomic E-state index is 5.98. The zero-order valence-corrected chi connectivity index (χ0v) is 13.9. The molecule has 2 heterocycles. The number of halogens is 1. The van der Waals surface area contributed by atoms with Crippen molar-refractivity contribution in [2.24, 2.45) is 0 Å². The number of nitrogens with zero attached hydrogens (tertiary/aromatic N) is 2. The smallest absolute Gasteiger partial charge is 0.0949 e. The lowest BCUT2D eigenvalue weighted by Gasteiger charge is -2.12. The van der Waals surface area contributed by atoms with E-state index in [1.807, 2.05) is 18.6 Å². The Bertz CT molecular complexity index is 704. The van der Waals surface area contributed by atoms with Crippen LogP contribution in [0, 0.1) is 0 Å². The van der Waals surface area contributed by atoms with Gasteiger partial charge in [-0.25, -0.2) is 4.98 Å². The standard InChI is InChI=1S/C17H18ClN3S/c1-13(16-6-7-17(18)22-16)20-10-14-2-4-15(5-3-14)11-21-9-8-19-12-21/h2-9,12-13,20H,10-11H2,1H3/t13-/m0/s1. The van der Waals surface area contributed by atoms with Gasteiger partial charge in [0.2, 0.25) is 0 Å². The van der Waals surface area contributed by atoms with Gasteiger partial charge in [0, 0.05) is 36.4 Å². The molecule has 1 aromatic carbocycles. The Labute approximate surface area is 139 Å². The number of hydrogen-bond acceptors (Lipinski definition) is 3. The molecule has 0 amide bonds. The van der Waals surface area contributed by atoms with Gasteiger partial charge in [-0.15, -0.1) is 11.3 Å². The number of rotatable bonds is 6. The SMILES string of the molecule is C[C@H](NCc1ccc(Cn2ccnc2)cc1)c1ccc(Cl)s1. The zero-order valence-electron chi connectivity index (χ0n) is 12.4. The van der Waals surface area contributed by atoms with E-state index in [1.165, 1.54) is 16.0 Å². The molecule has 1 N–H and O–H groups in total. The molecule has 22 heavy (non-hydrogen) atoms. The summed E-state index contributed by atoms with van der Waals surface area (Å²) in [7, 11) is 0. The highest BCUT2D eigenvalue weighted by atomic mass is 35.5. The molecular weight excluding hydrogens is 314 g/mol. The number of aromatic nitrogens is 2. The lowest BCUT2D eigenvalue weighted by atomic mass is 10.1. The first-order chi connectivity index (χ1) is 10.7. The van der Waals surface area contributed by atoms with Gasteiger partial charge in [-0.1, -0.05) is 35.9 Å². The molecule has 0 aliphatic carbocycles. The predicted molar refractivity (Wildman–Crippen MR) is 92.4 cm³/mol. The number of thiophene rings is 1. The number of benzene rings is 1. The highest BCUT2D eigenvalue weighted by molar-refractivity contribution is 7.16. The molecule has 0 saturated carbocycles. The van der Waals surface area contributed by atoms with Gasteiger partial charge < -0.3 is 9.88 Å². The first kappa shape index (κ1) is 15.3. The van der Waals surface area contributed by atoms with E-state index in [1.54, 1.807) is 17.5 Å². The Balaban J connectivity index is 1.54. The van der Waals surface area contributed by atoms with Crippen molar-refractivity contribution in [3.63, 3.8) is 0 Å². The van der Waals surface area contributed by atoms with Gasteiger partial charge in [0.1, 0.15) is 0 Å². The largest absolute Gasteiger partial charge is 0.333 e. The van der Waals surface area contributed by atoms with Crippen molar-refractivity contribution in [2.45, 2.75) is 26.1 Å². The average molecular weight is 332 g/mol. The summed E-state index contributed by atoms with van der Waals surface area (Å²) in [5.41, 5.74) is 2.56. The predicted octanol–water partition coefficient (Wildman–Crippen LogP) is 4.50. The third kappa shape index (κ3) is 3.97. The van der Waals surface area contributed by atoms with E-state index in [2.05, 4.69) is 52.1 Å². The second-order valence-electron chi connectivity index (χ2n) is 5.30. The Morgan fingerprint density at radius 1 is 1.18 bits per heavy atom. The molecule has 0 saturated heterocycles. The van der Waals surface area contributed by atoms with Crippen molar-refractivity contribution in [1.29, 1.82) is 0 Å². The molecule has 3 nitrogen and oxygen atoms in total. The Morgan fingerprint density at radius 3 is 2.59 bits per heavy atom. The molecule has 0 unspecified atom stereocenters. The van der Waals surface area contributed by atoms with E-state index in [-0.39, 0.29) is 0 Å². The van der Waals surface area contributed by atoms with Crippen LogP contribution < -0.4 is 5.32 Å². The molecule has 3 aromatic rings. The van der Waals surface area contributed by atoms with Crippen molar-refractivity contribution in [1.82, 2.24) is 14.9 Å². The van der Waals surface area contributed by atoms with Gasteiger partial charge in [0.25, 0.3) is 0 Å². The minimum atomic E-state index is 0.308. The second kappa shape index (κ2) is 7.09. The molecule has 0 spiro atoms. The molecule has 5 heteroatoms. The molecule has 0 fully saturated rings. The van der Waals surface area contributed by atoms with E-state index in [9.17, 15) is 0 Å². The van der Waals surface area contributed by atoms with Gasteiger partial charge in [0.05, 0.1) is 10.7 Å². The second-order valence-corrected chi connectivity index (χ2v) is 7.04. The summed E-state index contributed by atoms with van der Waals surface area (Å²) in [5.74, 6) is 0. The van der Waals surface area contributed by atoms with Gasteiger partial charge in [-0.3, -0.25) is 0 Å². The molecule has 3 rings (SSSR count). The van der Waals surface area contributed by atoms with Gasteiger partial charge in [-0.2, -0.15) is 0 Å². The van der Waals surface area contributed by atoms with Gasteiger partial charge in [-0.05, 0) is 30.2 Å². The third-order valence-electron chi connectivity index (χ3n) is 3.58. The fourth-order valence-corrected chi connectivity index (χ4v) is 3.37. The van der Waals surface area contributed by atoms with E-state index < -0.39 is 0 Å². The van der Waals surface area contributed by atoms with Crippen LogP contribution in [0.1, 0.15) is 29.0 Å². The molecule has 2 aromatic heterocycles. The normalized spacial score (nSPS) is 12.5. The first-order valence-electron chi connectivity index (χ1n) is 7.23. The van der Waals surface area contributed by atoms with Crippen LogP contribution in [-0.2, 0) is 13.1 Å². The first-order valence-corrected chi connectivity index (χ1v) is 8.42. The van der Waals surface area contributed by atoms with E-state index >= 15 is 0 Å². The summed E-state index contributed by atoms with van der Waals surface area (Å²) in [6.45, 7) is 3.87. The average Bonchev–Trinajstić information content (AvgIpc) is 3.18. The lowest BCUT2D eigenvalue weighted by Crippen LogP contribution is -2.17. The van der Waals surface area contributed by atoms with Crippen LogP contribution in [0.15, 0.2) is 55.1 Å². The van der Waals surface area contributed by atoms with Gasteiger partial charge in [0.15, 0.2) is 0 Å². The fourth-order valence-electron chi connectivity index (χ4n) is 2.29. The summed E-state index contributed by atoms with van der Waals surface area (Å²) in [4.78, 5) is 5.33. The van der Waals surface area contributed by atoms with Crippen LogP contribution in [0.25, 0.3) is 0 Å². The summed E-state index contributed by atoms with van der Waals surface area (Å²) in [6.07, 6.45) is 5.61. The maximum atomic E-state index is 5.98. The molecule has 1 atom stereocenters. The number of imidazole rings is 1. The van der Waals surface area contributed by atoms with Crippen molar-refractivity contribution < 1.29 is 0 Å². The molecular formula is C17H18ClN3S. The van der Waals surface area contributed by atoms with E-state index in [0.29, 0.717) is 6.04 Å². The van der Waals surface area contributed by atoms with Crippen LogP contribution in [-0.4, -0.2) is 9.55 Å². The molecule has 0 radical (unpaired) electrons. The summed E-state index contributed by atoms with van der Waals surface area (Å²) < 4.78 is 2.91. The third-order valence-corrected chi connectivity index (χ3v) is 4.99. The lowest BCUT2D eigenvalue weighted by molar-refractivity contribution is 0.583. The monoisotopic (exact) mass is 331 g/mol. The maximum Gasteiger partial charge on any atom is 0.0949 e. The van der Waals surface area contributed by atoms with Crippen LogP contribution >= 0.6 is 22.9 Å². The van der Waals surface area contributed by atoms with E-state index in [0.717, 1.165) is 17.4 Å². The minimum absolute atomic E-state index is 0.308. The van der Waals surface area contributed by atoms with Crippen molar-refractivity contribution >= 4 is 22.9 Å². The minimum Gasteiger partial charge on any atom is -0.333 e. The van der Waals surface area contributed by atoms with Crippen molar-refractivity contribution in [3.05, 3.63) is 75.5 Å². The number of nitrogens with one attached hydrogen (secondary N) is 1. The summed E-state index contributed by atoms with van der Waals surface area (Å²) in [5, 5.41) is 3.53. The highest BCUT2D eigenvalue weighted by Crippen LogP contribution is 2.26. The van der Waals surface area contributed by atoms with Crippen LogP contribution in [0.2, 0.25) is 4.34 Å². The number of hydrogen-bond donors (Lipinski definition) is 1. The van der Waals surface area contributed by atoms with Crippen LogP contribution in [0.3, 0.4) is 0 Å². The van der Waals surface area contributed by atoms with Crippen LogP contribution in [0.5, 0.6) is 0 Å². The Kier molecular flexibility index (Phi) is 4.93. The molecule has 0 bridgehead atoms. The Morgan fingerprint density at radius 2 is 1.95 bits per heavy atom. The topological polar surface area (TPSA) is 29.9 Å². The quantitative estimate of drug-likeness (QED) is 0.721. The van der Waals surface area contributed by atoms with Crippen molar-refractivity contribution in [2.75, 3.05) is 0 Å². The van der Waals surface area contributed by atoms with Gasteiger partial charge >= 0.3 is 0 Å². The fraction of sp³-hybridized carbons (Fsp3) is 0.235. The summed E-state index contributed by atoms with van der Waals surface area (Å²) >= 11 is 7.61. The molecule has 0 aliphatic heterocycles. The van der Waals surface area contributed by atoms with E-state index in [4.69, 9.17) is 11.6 Å². The zero-order chi connectivity index (χ0) is 15.4. The molecule has 114 valence electrons. The van der Waals surface area contributed by atoms with Crippen LogP contribution in [0.4, 0.5) is 0 Å². The Hall–Kier alpha value is -1.62. The summed E-state index contributed by atoms with van der Waals surface area (Å²) in [6, 6.07) is 13.0. The molecule has 0 aliphatic rings.